The summed E-state index contributed by atoms with van der Waals surface area (Å²) in [6, 6.07) is 7.20. The first-order valence-electron chi connectivity index (χ1n) is 10.2. The van der Waals surface area contributed by atoms with Crippen LogP contribution in [0.4, 0.5) is 11.6 Å². The Balaban J connectivity index is 1.81. The summed E-state index contributed by atoms with van der Waals surface area (Å²) in [5, 5.41) is 3.44. The van der Waals surface area contributed by atoms with Crippen LogP contribution >= 0.6 is 0 Å². The van der Waals surface area contributed by atoms with Gasteiger partial charge in [-0.15, -0.1) is 0 Å². The highest BCUT2D eigenvalue weighted by Gasteiger charge is 2.47. The van der Waals surface area contributed by atoms with E-state index < -0.39 is 0 Å². The standard InChI is InChI=1S/C22H26N4O3/c1-4-29-21(28)16-8-9-18-17(12-16)19(25-22-23-10-5-11-24-22)13(2)20(15-6-7-15)26(18)14(3)27/h5,8-13,15,19-20H,4,6-7H2,1-3H3,(H,23,24,25)/t13-,19?,20-/m1/s1. The molecule has 1 aliphatic carbocycles. The van der Waals surface area contributed by atoms with Crippen LogP contribution in [0.1, 0.15) is 55.6 Å². The summed E-state index contributed by atoms with van der Waals surface area (Å²) < 4.78 is 5.18. The van der Waals surface area contributed by atoms with Crippen molar-refractivity contribution in [2.24, 2.45) is 11.8 Å². The number of nitrogens with zero attached hydrogens (tertiary/aromatic N) is 3. The summed E-state index contributed by atoms with van der Waals surface area (Å²) in [7, 11) is 0. The fraction of sp³-hybridized carbons (Fsp3) is 0.455. The van der Waals surface area contributed by atoms with Gasteiger partial charge in [0, 0.05) is 37.0 Å². The minimum Gasteiger partial charge on any atom is -0.462 e. The summed E-state index contributed by atoms with van der Waals surface area (Å²) in [4.78, 5) is 35.5. The van der Waals surface area contributed by atoms with Gasteiger partial charge in [0.25, 0.3) is 0 Å². The number of rotatable bonds is 5. The quantitative estimate of drug-likeness (QED) is 0.780. The van der Waals surface area contributed by atoms with E-state index in [4.69, 9.17) is 4.74 Å². The first-order chi connectivity index (χ1) is 14.0. The first-order valence-corrected chi connectivity index (χ1v) is 10.2. The van der Waals surface area contributed by atoms with Gasteiger partial charge in [-0.25, -0.2) is 14.8 Å². The number of hydrogen-bond acceptors (Lipinski definition) is 6. The fourth-order valence-electron chi connectivity index (χ4n) is 4.42. The molecule has 2 aromatic rings. The number of amides is 1. The van der Waals surface area contributed by atoms with Crippen LogP contribution in [0.3, 0.4) is 0 Å². The van der Waals surface area contributed by atoms with E-state index in [2.05, 4.69) is 22.2 Å². The Bertz CT molecular complexity index is 914. The van der Waals surface area contributed by atoms with E-state index in [0.717, 1.165) is 24.1 Å². The number of benzene rings is 1. The van der Waals surface area contributed by atoms with Crippen LogP contribution in [-0.4, -0.2) is 34.5 Å². The molecular formula is C22H26N4O3. The number of esters is 1. The zero-order chi connectivity index (χ0) is 20.5. The lowest BCUT2D eigenvalue weighted by molar-refractivity contribution is -0.117. The smallest absolute Gasteiger partial charge is 0.338 e. The van der Waals surface area contributed by atoms with Gasteiger partial charge in [-0.05, 0) is 55.5 Å². The lowest BCUT2D eigenvalue weighted by Gasteiger charge is -2.45. The molecule has 1 aliphatic heterocycles. The lowest BCUT2D eigenvalue weighted by Crippen LogP contribution is -2.51. The van der Waals surface area contributed by atoms with Crippen molar-refractivity contribution in [3.63, 3.8) is 0 Å². The third kappa shape index (κ3) is 3.69. The Morgan fingerprint density at radius 2 is 1.97 bits per heavy atom. The van der Waals surface area contributed by atoms with E-state index in [1.165, 1.54) is 0 Å². The number of nitrogens with one attached hydrogen (secondary N) is 1. The molecule has 2 heterocycles. The summed E-state index contributed by atoms with van der Waals surface area (Å²) in [5.41, 5.74) is 2.21. The highest BCUT2D eigenvalue weighted by atomic mass is 16.5. The highest BCUT2D eigenvalue weighted by molar-refractivity contribution is 5.96. The van der Waals surface area contributed by atoms with Gasteiger partial charge < -0.3 is 15.0 Å². The normalized spacial score (nSPS) is 23.3. The van der Waals surface area contributed by atoms with Crippen molar-refractivity contribution in [3.8, 4) is 0 Å². The Labute approximate surface area is 170 Å². The van der Waals surface area contributed by atoms with Crippen molar-refractivity contribution in [3.05, 3.63) is 47.8 Å². The van der Waals surface area contributed by atoms with Crippen LogP contribution in [-0.2, 0) is 9.53 Å². The van der Waals surface area contributed by atoms with Gasteiger partial charge in [0.05, 0.1) is 18.2 Å². The third-order valence-electron chi connectivity index (χ3n) is 5.79. The monoisotopic (exact) mass is 394 g/mol. The number of anilines is 2. The molecule has 0 saturated heterocycles. The maximum Gasteiger partial charge on any atom is 0.338 e. The zero-order valence-corrected chi connectivity index (χ0v) is 17.0. The number of ether oxygens (including phenoxy) is 1. The third-order valence-corrected chi connectivity index (χ3v) is 5.79. The number of carbonyl (C=O) groups is 2. The molecule has 152 valence electrons. The lowest BCUT2D eigenvalue weighted by atomic mass is 9.79. The van der Waals surface area contributed by atoms with Gasteiger partial charge in [0.1, 0.15) is 0 Å². The fourth-order valence-corrected chi connectivity index (χ4v) is 4.42. The van der Waals surface area contributed by atoms with Crippen molar-refractivity contribution in [2.75, 3.05) is 16.8 Å². The number of hydrogen-bond donors (Lipinski definition) is 1. The van der Waals surface area contributed by atoms with Crippen LogP contribution in [0.25, 0.3) is 0 Å². The molecule has 0 radical (unpaired) electrons. The maximum atomic E-state index is 12.6. The summed E-state index contributed by atoms with van der Waals surface area (Å²) in [6.45, 7) is 5.86. The average molecular weight is 394 g/mol. The second kappa shape index (κ2) is 7.81. The van der Waals surface area contributed by atoms with Gasteiger partial charge in [-0.1, -0.05) is 6.92 Å². The number of aromatic nitrogens is 2. The average Bonchev–Trinajstić information content (AvgIpc) is 3.55. The molecule has 7 nitrogen and oxygen atoms in total. The van der Waals surface area contributed by atoms with Crippen molar-refractivity contribution in [1.82, 2.24) is 9.97 Å². The second-order valence-corrected chi connectivity index (χ2v) is 7.76. The minimum atomic E-state index is -0.364. The van der Waals surface area contributed by atoms with Gasteiger partial charge >= 0.3 is 5.97 Å². The molecule has 2 aliphatic rings. The van der Waals surface area contributed by atoms with Gasteiger partial charge in [-0.3, -0.25) is 4.79 Å². The van der Waals surface area contributed by atoms with E-state index in [-0.39, 0.29) is 29.9 Å². The van der Waals surface area contributed by atoms with E-state index >= 15 is 0 Å². The van der Waals surface area contributed by atoms with E-state index in [9.17, 15) is 9.59 Å². The predicted molar refractivity (Wildman–Crippen MR) is 110 cm³/mol. The second-order valence-electron chi connectivity index (χ2n) is 7.76. The Morgan fingerprint density at radius 3 is 2.59 bits per heavy atom. The summed E-state index contributed by atoms with van der Waals surface area (Å²) >= 11 is 0. The Hall–Kier alpha value is -2.96. The van der Waals surface area contributed by atoms with Crippen LogP contribution in [0.2, 0.25) is 0 Å². The summed E-state index contributed by atoms with van der Waals surface area (Å²) in [6.07, 6.45) is 5.64. The predicted octanol–water partition coefficient (Wildman–Crippen LogP) is 3.59. The molecule has 1 fully saturated rings. The topological polar surface area (TPSA) is 84.4 Å². The Kier molecular flexibility index (Phi) is 5.22. The number of carbonyl (C=O) groups excluding carboxylic acids is 2. The van der Waals surface area contributed by atoms with Crippen LogP contribution in [0, 0.1) is 11.8 Å². The molecule has 0 bridgehead atoms. The number of fused-ring (bicyclic) bond motifs is 1. The molecule has 0 spiro atoms. The highest BCUT2D eigenvalue weighted by Crippen LogP contribution is 2.50. The SMILES string of the molecule is CCOC(=O)c1ccc2c(c1)C(Nc1ncccn1)[C@@H](C)[C@H](C1CC1)N2C(C)=O. The van der Waals surface area contributed by atoms with Crippen LogP contribution in [0.15, 0.2) is 36.7 Å². The van der Waals surface area contributed by atoms with E-state index in [0.29, 0.717) is 24.0 Å². The molecular weight excluding hydrogens is 368 g/mol. The molecule has 1 N–H and O–H groups in total. The van der Waals surface area contributed by atoms with Gasteiger partial charge in [0.2, 0.25) is 11.9 Å². The summed E-state index contributed by atoms with van der Waals surface area (Å²) in [5.74, 6) is 0.806. The van der Waals surface area contributed by atoms with Crippen LogP contribution < -0.4 is 10.2 Å². The van der Waals surface area contributed by atoms with Crippen LogP contribution in [0.5, 0.6) is 0 Å². The van der Waals surface area contributed by atoms with E-state index in [1.54, 1.807) is 38.4 Å². The largest absolute Gasteiger partial charge is 0.462 e. The van der Waals surface area contributed by atoms with Crippen molar-refractivity contribution in [1.29, 1.82) is 0 Å². The Morgan fingerprint density at radius 1 is 1.24 bits per heavy atom. The van der Waals surface area contributed by atoms with Crippen molar-refractivity contribution >= 4 is 23.5 Å². The molecule has 4 rings (SSSR count). The molecule has 1 aromatic carbocycles. The molecule has 7 heteroatoms. The molecule has 29 heavy (non-hydrogen) atoms. The maximum absolute atomic E-state index is 12.6. The molecule has 1 saturated carbocycles. The minimum absolute atomic E-state index is 0.0216. The zero-order valence-electron chi connectivity index (χ0n) is 17.0. The molecule has 1 amide bonds. The molecule has 3 atom stereocenters. The van der Waals surface area contributed by atoms with Crippen molar-refractivity contribution in [2.45, 2.75) is 45.7 Å². The van der Waals surface area contributed by atoms with Gasteiger partial charge in [0.15, 0.2) is 0 Å². The van der Waals surface area contributed by atoms with Crippen molar-refractivity contribution < 1.29 is 14.3 Å². The van der Waals surface area contributed by atoms with Gasteiger partial charge in [-0.2, -0.15) is 0 Å². The molecule has 1 unspecified atom stereocenters. The first kappa shape index (κ1) is 19.4. The molecule has 1 aromatic heterocycles. The van der Waals surface area contributed by atoms with E-state index in [1.807, 2.05) is 17.0 Å².